The average Bonchev–Trinajstić information content (AvgIpc) is 2.91. The van der Waals surface area contributed by atoms with Crippen molar-refractivity contribution in [2.75, 3.05) is 10.6 Å². The van der Waals surface area contributed by atoms with Crippen molar-refractivity contribution >= 4 is 23.4 Å². The summed E-state index contributed by atoms with van der Waals surface area (Å²) in [6.07, 6.45) is 2.41. The Labute approximate surface area is 250 Å². The third kappa shape index (κ3) is 7.89. The monoisotopic (exact) mass is 534 g/mol. The van der Waals surface area contributed by atoms with E-state index in [-0.39, 0.29) is 54.9 Å². The van der Waals surface area contributed by atoms with Gasteiger partial charge in [-0.1, -0.05) is 61.5 Å². The molecule has 0 aliphatic carbocycles. The zero-order chi connectivity index (χ0) is 27.1. The predicted octanol–water partition coefficient (Wildman–Crippen LogP) is 3.00. The van der Waals surface area contributed by atoms with Crippen molar-refractivity contribution in [1.29, 1.82) is 0 Å². The maximum Gasteiger partial charge on any atom is 1.00 e. The molecule has 0 fully saturated rings. The molecule has 1 aromatic heterocycles. The van der Waals surface area contributed by atoms with Gasteiger partial charge in [-0.2, -0.15) is 5.10 Å². The van der Waals surface area contributed by atoms with Crippen LogP contribution in [0.25, 0.3) is 11.1 Å². The summed E-state index contributed by atoms with van der Waals surface area (Å²) < 4.78 is 1.40. The number of para-hydroxylation sites is 1. The number of aliphatic carboxylic acids is 1. The van der Waals surface area contributed by atoms with Crippen molar-refractivity contribution in [3.63, 3.8) is 0 Å². The molecule has 4 rings (SSSR count). The van der Waals surface area contributed by atoms with E-state index in [1.807, 2.05) is 62.4 Å². The number of hydrogen-bond donors (Lipinski definition) is 3. The molecule has 9 heteroatoms. The molecule has 0 bridgehead atoms. The number of anilines is 2. The van der Waals surface area contributed by atoms with Crippen LogP contribution < -0.4 is 45.8 Å². The molecule has 0 aliphatic heterocycles. The maximum absolute atomic E-state index is 13.2. The summed E-state index contributed by atoms with van der Waals surface area (Å²) in [7, 11) is 0. The van der Waals surface area contributed by atoms with E-state index < -0.39 is 5.97 Å². The van der Waals surface area contributed by atoms with Crippen LogP contribution >= 0.6 is 0 Å². The fourth-order valence-electron chi connectivity index (χ4n) is 4.29. The summed E-state index contributed by atoms with van der Waals surface area (Å²) in [6.45, 7) is 4.19. The Morgan fingerprint density at radius 1 is 0.974 bits per heavy atom. The molecule has 0 unspecified atom stereocenters. The van der Waals surface area contributed by atoms with Gasteiger partial charge in [0.25, 0.3) is 5.56 Å². The van der Waals surface area contributed by atoms with Crippen molar-refractivity contribution in [3.05, 3.63) is 112 Å². The van der Waals surface area contributed by atoms with Gasteiger partial charge in [0.2, 0.25) is 0 Å². The zero-order valence-corrected chi connectivity index (χ0v) is 24.3. The molecule has 0 saturated heterocycles. The molecular formula is C30H31N4NaO4. The Balaban J connectivity index is 0.00000280. The number of aryl methyl sites for hydroxylation is 1. The van der Waals surface area contributed by atoms with Gasteiger partial charge in [-0.15, -0.1) is 0 Å². The van der Waals surface area contributed by atoms with E-state index in [1.165, 1.54) is 4.68 Å². The van der Waals surface area contributed by atoms with Crippen molar-refractivity contribution in [3.8, 4) is 11.1 Å². The van der Waals surface area contributed by atoms with Crippen LogP contribution in [0.1, 0.15) is 43.8 Å². The van der Waals surface area contributed by atoms with Crippen LogP contribution in [0.3, 0.4) is 0 Å². The van der Waals surface area contributed by atoms with E-state index in [9.17, 15) is 14.4 Å². The van der Waals surface area contributed by atoms with E-state index in [0.29, 0.717) is 23.4 Å². The van der Waals surface area contributed by atoms with Gasteiger partial charge in [-0.3, -0.25) is 9.59 Å². The number of rotatable bonds is 9. The number of amides is 2. The van der Waals surface area contributed by atoms with Crippen molar-refractivity contribution in [2.45, 2.75) is 39.2 Å². The Kier molecular flexibility index (Phi) is 10.6. The second-order valence-corrected chi connectivity index (χ2v) is 9.12. The van der Waals surface area contributed by atoms with Crippen LogP contribution in [0.4, 0.5) is 16.2 Å². The molecular weight excluding hydrogens is 503 g/mol. The molecule has 39 heavy (non-hydrogen) atoms. The summed E-state index contributed by atoms with van der Waals surface area (Å²) in [5.41, 5.74) is 5.14. The zero-order valence-electron chi connectivity index (χ0n) is 23.3. The number of urea groups is 1. The minimum absolute atomic E-state index is 0. The van der Waals surface area contributed by atoms with Gasteiger partial charge in [-0.05, 0) is 65.8 Å². The minimum atomic E-state index is -0.817. The van der Waals surface area contributed by atoms with Crippen LogP contribution in [0.5, 0.6) is 0 Å². The number of benzene rings is 3. The van der Waals surface area contributed by atoms with Gasteiger partial charge in [0, 0.05) is 17.6 Å². The molecule has 3 N–H and O–H groups in total. The van der Waals surface area contributed by atoms with Crippen LogP contribution in [-0.4, -0.2) is 26.9 Å². The number of carboxylic acids is 1. The number of aromatic nitrogens is 2. The first-order chi connectivity index (χ1) is 18.3. The molecule has 8 nitrogen and oxygen atoms in total. The summed E-state index contributed by atoms with van der Waals surface area (Å²) >= 11 is 0. The maximum atomic E-state index is 13.2. The van der Waals surface area contributed by atoms with Gasteiger partial charge < -0.3 is 17.2 Å². The van der Waals surface area contributed by atoms with Gasteiger partial charge in [0.15, 0.2) is 0 Å². The predicted molar refractivity (Wildman–Crippen MR) is 150 cm³/mol. The standard InChI is InChI=1S/C30H30N4O4.Na.H/c1-3-22(18-28(35)36)23-10-8-21(9-11-23)19-34-29(37)26(16-17-31-34)24-12-14-25(15-13-24)32-30(38)33-27-7-5-4-6-20(27)2;;/h4-17,22H,3,18-19H2,1-2H3,(H,35,36)(H2,32,33,38);;/q;+1;-1/t22-;;/m1../s1. The fourth-order valence-corrected chi connectivity index (χ4v) is 4.29. The molecule has 1 atom stereocenters. The number of hydrogen-bond acceptors (Lipinski definition) is 4. The normalized spacial score (nSPS) is 11.2. The van der Waals surface area contributed by atoms with Gasteiger partial charge in [-0.25, -0.2) is 9.48 Å². The summed E-state index contributed by atoms with van der Waals surface area (Å²) in [4.78, 5) is 36.7. The average molecular weight is 535 g/mol. The van der Waals surface area contributed by atoms with Crippen LogP contribution in [-0.2, 0) is 11.3 Å². The smallest absolute Gasteiger partial charge is 1.00 e. The Morgan fingerprint density at radius 3 is 2.31 bits per heavy atom. The van der Waals surface area contributed by atoms with Crippen molar-refractivity contribution < 1.29 is 45.7 Å². The summed E-state index contributed by atoms with van der Waals surface area (Å²) in [5.74, 6) is -0.862. The molecule has 0 spiro atoms. The van der Waals surface area contributed by atoms with Crippen LogP contribution in [0.2, 0.25) is 0 Å². The molecule has 196 valence electrons. The van der Waals surface area contributed by atoms with E-state index in [4.69, 9.17) is 5.11 Å². The number of carbonyl (C=O) groups excluding carboxylic acids is 1. The molecule has 4 aromatic rings. The molecule has 0 aliphatic rings. The van der Waals surface area contributed by atoms with E-state index in [0.717, 1.165) is 28.8 Å². The van der Waals surface area contributed by atoms with Crippen LogP contribution in [0.15, 0.2) is 89.9 Å². The Morgan fingerprint density at radius 2 is 1.67 bits per heavy atom. The third-order valence-corrected chi connectivity index (χ3v) is 6.46. The summed E-state index contributed by atoms with van der Waals surface area (Å²) in [5, 5.41) is 19.0. The molecule has 3 aromatic carbocycles. The SMILES string of the molecule is CC[C@H](CC(=O)O)c1ccc(Cn2nccc(-c3ccc(NC(=O)Nc4ccccc4C)cc3)c2=O)cc1.[H-].[Na+]. The van der Waals surface area contributed by atoms with Crippen LogP contribution in [0, 0.1) is 6.92 Å². The van der Waals surface area contributed by atoms with E-state index >= 15 is 0 Å². The molecule has 0 saturated carbocycles. The largest absolute Gasteiger partial charge is 1.00 e. The first kappa shape index (κ1) is 29.8. The van der Waals surface area contributed by atoms with Crippen molar-refractivity contribution in [2.24, 2.45) is 0 Å². The number of nitrogens with one attached hydrogen (secondary N) is 2. The van der Waals surface area contributed by atoms with Gasteiger partial charge >= 0.3 is 41.6 Å². The molecule has 2 amide bonds. The summed E-state index contributed by atoms with van der Waals surface area (Å²) in [6, 6.07) is 23.6. The fraction of sp³-hybridized carbons (Fsp3) is 0.200. The molecule has 1 heterocycles. The third-order valence-electron chi connectivity index (χ3n) is 6.46. The number of nitrogens with zero attached hydrogens (tertiary/aromatic N) is 2. The van der Waals surface area contributed by atoms with Gasteiger partial charge in [0.1, 0.15) is 0 Å². The quantitative estimate of drug-likeness (QED) is 0.286. The van der Waals surface area contributed by atoms with Crippen molar-refractivity contribution in [1.82, 2.24) is 9.78 Å². The Bertz CT molecular complexity index is 1490. The number of carboxylic acid groups (broad SMARTS) is 1. The molecule has 0 radical (unpaired) electrons. The minimum Gasteiger partial charge on any atom is -1.00 e. The topological polar surface area (TPSA) is 113 Å². The second-order valence-electron chi connectivity index (χ2n) is 9.12. The first-order valence-electron chi connectivity index (χ1n) is 12.4. The number of carbonyl (C=O) groups is 2. The first-order valence-corrected chi connectivity index (χ1v) is 12.4. The van der Waals surface area contributed by atoms with E-state index in [1.54, 1.807) is 36.5 Å². The Hall–Kier alpha value is -3.72. The second kappa shape index (κ2) is 13.9. The van der Waals surface area contributed by atoms with E-state index in [2.05, 4.69) is 15.7 Å². The van der Waals surface area contributed by atoms with Gasteiger partial charge in [0.05, 0.1) is 18.5 Å².